The predicted octanol–water partition coefficient (Wildman–Crippen LogP) is 8.09. The van der Waals surface area contributed by atoms with Crippen LogP contribution < -0.4 is 20.9 Å². The van der Waals surface area contributed by atoms with Crippen LogP contribution in [0.25, 0.3) is 11.3 Å². The summed E-state index contributed by atoms with van der Waals surface area (Å²) in [4.78, 5) is 70.5. The standard InChI is InChI=1S/C51H64F3N9O6/c1-29(2)43(59-49(66)68-5)47(64)61-25-7-9-41(61)45-55-27-37(57-45)31-11-15-33(16-12-31)39-23-24-40(63(39)36-21-19-35(20-22-36)51(52,53)54)34-17-13-32(14-18-34)38-28-56-46(58-38)42-10-8-26-62(42)48(65)44(30(3)4)60-50(67)69-6/h11-13,15-22,27,29-30,32,38-44H,7-10,14,23-26,28H2,1-6H3,(H,55,57)(H,56,58)(H,59,66)(H,60,67)/t32?,38-,39+,40-,41+,42+,43+,44+/m1/s1. The van der Waals surface area contributed by atoms with E-state index in [1.54, 1.807) is 23.2 Å². The second-order valence-corrected chi connectivity index (χ2v) is 19.4. The Bertz CT molecular complexity index is 2430. The normalized spacial score (nSPS) is 24.5. The van der Waals surface area contributed by atoms with Crippen molar-refractivity contribution in [1.29, 1.82) is 0 Å². The number of aliphatic imine (C=N–C) groups is 1. The van der Waals surface area contributed by atoms with E-state index >= 15 is 0 Å². The maximum atomic E-state index is 13.8. The van der Waals surface area contributed by atoms with Crippen LogP contribution in [0, 0.1) is 17.8 Å². The number of halogens is 3. The summed E-state index contributed by atoms with van der Waals surface area (Å²) >= 11 is 0. The topological polar surface area (TPSA) is 174 Å². The number of imidazole rings is 1. The Labute approximate surface area is 401 Å². The third-order valence-corrected chi connectivity index (χ3v) is 14.4. The van der Waals surface area contributed by atoms with E-state index in [2.05, 4.69) is 56.2 Å². The lowest BCUT2D eigenvalue weighted by molar-refractivity contribution is -0.137. The molecule has 0 bridgehead atoms. The van der Waals surface area contributed by atoms with E-state index in [1.165, 1.54) is 14.2 Å². The number of likely N-dealkylation sites (tertiary alicyclic amines) is 2. The van der Waals surface area contributed by atoms with E-state index in [-0.39, 0.29) is 59.8 Å². The molecule has 4 aliphatic heterocycles. The van der Waals surface area contributed by atoms with E-state index in [4.69, 9.17) is 19.5 Å². The number of H-pyrrole nitrogens is 1. The van der Waals surface area contributed by atoms with Crippen LogP contribution in [0.2, 0.25) is 0 Å². The van der Waals surface area contributed by atoms with E-state index in [0.29, 0.717) is 31.1 Å². The Morgan fingerprint density at radius 3 is 1.93 bits per heavy atom. The largest absolute Gasteiger partial charge is 0.453 e. The maximum absolute atomic E-state index is 13.8. The second kappa shape index (κ2) is 20.7. The molecule has 4 N–H and O–H groups in total. The van der Waals surface area contributed by atoms with E-state index < -0.39 is 36.0 Å². The van der Waals surface area contributed by atoms with Crippen molar-refractivity contribution in [3.05, 3.63) is 95.5 Å². The van der Waals surface area contributed by atoms with Gasteiger partial charge in [0.25, 0.3) is 0 Å². The Morgan fingerprint density at radius 1 is 0.768 bits per heavy atom. The van der Waals surface area contributed by atoms with Gasteiger partial charge < -0.3 is 45.1 Å². The number of allylic oxidation sites excluding steroid dienone is 1. The molecule has 3 aromatic rings. The van der Waals surface area contributed by atoms with Crippen LogP contribution in [0.3, 0.4) is 0 Å². The van der Waals surface area contributed by atoms with Gasteiger partial charge in [-0.3, -0.25) is 14.6 Å². The molecule has 0 radical (unpaired) electrons. The van der Waals surface area contributed by atoms with Gasteiger partial charge in [-0.1, -0.05) is 70.2 Å². The van der Waals surface area contributed by atoms with Crippen LogP contribution in [0.15, 0.2) is 83.5 Å². The van der Waals surface area contributed by atoms with Crippen LogP contribution in [-0.2, 0) is 25.2 Å². The van der Waals surface area contributed by atoms with Crippen molar-refractivity contribution in [1.82, 2.24) is 35.7 Å². The highest BCUT2D eigenvalue weighted by Gasteiger charge is 2.42. The molecule has 0 saturated carbocycles. The third kappa shape index (κ3) is 10.5. The molecule has 370 valence electrons. The van der Waals surface area contributed by atoms with Crippen LogP contribution in [0.1, 0.15) is 102 Å². The monoisotopic (exact) mass is 955 g/mol. The lowest BCUT2D eigenvalue weighted by atomic mass is 9.87. The zero-order chi connectivity index (χ0) is 49.1. The lowest BCUT2D eigenvalue weighted by Gasteiger charge is -2.35. The van der Waals surface area contributed by atoms with Crippen molar-refractivity contribution in [2.75, 3.05) is 38.8 Å². The number of nitrogens with zero attached hydrogens (tertiary/aromatic N) is 5. The molecular weight excluding hydrogens is 892 g/mol. The molecule has 15 nitrogen and oxygen atoms in total. The zero-order valence-electron chi connectivity index (χ0n) is 40.1. The number of benzene rings is 2. The van der Waals surface area contributed by atoms with Gasteiger partial charge >= 0.3 is 18.4 Å². The van der Waals surface area contributed by atoms with Crippen molar-refractivity contribution in [3.8, 4) is 11.3 Å². The van der Waals surface area contributed by atoms with Gasteiger partial charge in [0.1, 0.15) is 23.7 Å². The first-order chi connectivity index (χ1) is 33.1. The molecule has 4 amide bonds. The Balaban J connectivity index is 0.954. The van der Waals surface area contributed by atoms with Crippen molar-refractivity contribution in [2.45, 2.75) is 121 Å². The van der Waals surface area contributed by atoms with Gasteiger partial charge in [0, 0.05) is 24.7 Å². The van der Waals surface area contributed by atoms with Gasteiger partial charge in [-0.05, 0) is 97.7 Å². The van der Waals surface area contributed by atoms with Gasteiger partial charge in [0.2, 0.25) is 11.8 Å². The minimum absolute atomic E-state index is 0.0275. The second-order valence-electron chi connectivity index (χ2n) is 19.4. The van der Waals surface area contributed by atoms with Crippen molar-refractivity contribution in [2.24, 2.45) is 22.7 Å². The Morgan fingerprint density at radius 2 is 1.36 bits per heavy atom. The summed E-state index contributed by atoms with van der Waals surface area (Å²) in [6, 6.07) is 11.5. The fourth-order valence-corrected chi connectivity index (χ4v) is 10.7. The first-order valence-corrected chi connectivity index (χ1v) is 24.2. The summed E-state index contributed by atoms with van der Waals surface area (Å²) in [7, 11) is 2.55. The number of carbonyl (C=O) groups is 4. The van der Waals surface area contributed by atoms with Crippen molar-refractivity contribution >= 4 is 35.5 Å². The number of rotatable bonds is 13. The number of aromatic amines is 1. The quantitative estimate of drug-likeness (QED) is 0.132. The number of anilines is 1. The summed E-state index contributed by atoms with van der Waals surface area (Å²) in [6.45, 7) is 9.22. The van der Waals surface area contributed by atoms with Crippen molar-refractivity contribution in [3.63, 3.8) is 0 Å². The molecule has 1 aromatic heterocycles. The number of hydrogen-bond donors (Lipinski definition) is 4. The number of hydrogen-bond acceptors (Lipinski definition) is 10. The molecule has 1 aliphatic carbocycles. The van der Waals surface area contributed by atoms with Crippen LogP contribution in [0.4, 0.5) is 28.4 Å². The molecule has 5 heterocycles. The SMILES string of the molecule is COC(=O)N[C@H](C(=O)N1CCC[C@H]1C1=NC[C@H](C2C=CC([C@H]3CC[C@@H](c4ccc(-c5cnc([C@@H]6CCCN6C(=O)[C@@H](NC(=O)OC)C(C)C)[nH]5)cc4)N3c3ccc(C(F)(F)F)cc3)=CC2)N1)C(C)C. The number of amidine groups is 1. The fourth-order valence-electron chi connectivity index (χ4n) is 10.7. The summed E-state index contributed by atoms with van der Waals surface area (Å²) < 4.78 is 50.9. The number of ether oxygens (including phenoxy) is 2. The highest BCUT2D eigenvalue weighted by atomic mass is 19.4. The van der Waals surface area contributed by atoms with Gasteiger partial charge in [-0.25, -0.2) is 14.6 Å². The molecule has 69 heavy (non-hydrogen) atoms. The minimum Gasteiger partial charge on any atom is -0.453 e. The molecule has 1 unspecified atom stereocenters. The first-order valence-electron chi connectivity index (χ1n) is 24.2. The zero-order valence-corrected chi connectivity index (χ0v) is 40.1. The first kappa shape index (κ1) is 49.1. The highest BCUT2D eigenvalue weighted by Crippen LogP contribution is 2.45. The smallest absolute Gasteiger partial charge is 0.416 e. The number of aromatic nitrogens is 2. The van der Waals surface area contributed by atoms with Crippen LogP contribution >= 0.6 is 0 Å². The number of amides is 4. The average molecular weight is 956 g/mol. The third-order valence-electron chi connectivity index (χ3n) is 14.4. The number of alkyl halides is 3. The number of alkyl carbamates (subject to hydrolysis) is 2. The Hall–Kier alpha value is -6.33. The summed E-state index contributed by atoms with van der Waals surface area (Å²) in [5.74, 6) is 0.970. The van der Waals surface area contributed by atoms with E-state index in [1.807, 2.05) is 44.7 Å². The molecule has 8 atom stereocenters. The Kier molecular flexibility index (Phi) is 14.7. The van der Waals surface area contributed by atoms with Crippen LogP contribution in [-0.4, -0.2) is 114 Å². The van der Waals surface area contributed by atoms with Crippen molar-refractivity contribution < 1.29 is 41.8 Å². The molecular formula is C51H64F3N9O6. The van der Waals surface area contributed by atoms with Gasteiger partial charge in [-0.15, -0.1) is 0 Å². The fraction of sp³-hybridized carbons (Fsp3) is 0.529. The lowest BCUT2D eigenvalue weighted by Crippen LogP contribution is -2.55. The summed E-state index contributed by atoms with van der Waals surface area (Å²) in [5.41, 5.74) is 3.84. The number of carbonyl (C=O) groups excluding carboxylic acids is 4. The molecule has 0 spiro atoms. The summed E-state index contributed by atoms with van der Waals surface area (Å²) in [5, 5.41) is 9.04. The molecule has 8 rings (SSSR count). The van der Waals surface area contributed by atoms with Gasteiger partial charge in [0.05, 0.1) is 68.4 Å². The maximum Gasteiger partial charge on any atom is 0.416 e. The number of nitrogens with one attached hydrogen (secondary N) is 4. The molecule has 5 aliphatic rings. The van der Waals surface area contributed by atoms with E-state index in [9.17, 15) is 32.3 Å². The highest BCUT2D eigenvalue weighted by molar-refractivity contribution is 5.95. The molecule has 3 saturated heterocycles. The molecule has 2 aromatic carbocycles. The van der Waals surface area contributed by atoms with Gasteiger partial charge in [0.15, 0.2) is 0 Å². The van der Waals surface area contributed by atoms with E-state index in [0.717, 1.165) is 85.3 Å². The molecule has 3 fully saturated rings. The predicted molar refractivity (Wildman–Crippen MR) is 255 cm³/mol. The van der Waals surface area contributed by atoms with Gasteiger partial charge in [-0.2, -0.15) is 13.2 Å². The minimum atomic E-state index is -4.46. The number of methoxy groups -OCH3 is 2. The summed E-state index contributed by atoms with van der Waals surface area (Å²) in [6.07, 6.45) is 8.08. The van der Waals surface area contributed by atoms with Crippen LogP contribution in [0.5, 0.6) is 0 Å². The molecule has 18 heteroatoms. The average Bonchev–Trinajstić information content (AvgIpc) is 4.21.